The molecule has 2 unspecified atom stereocenters. The monoisotopic (exact) mass is 875 g/mol. The highest BCUT2D eigenvalue weighted by molar-refractivity contribution is 5.85. The van der Waals surface area contributed by atoms with Gasteiger partial charge in [-0.3, -0.25) is 9.97 Å². The van der Waals surface area contributed by atoms with Gasteiger partial charge in [-0.25, -0.2) is 15.0 Å². The maximum absolute atomic E-state index is 6.89. The summed E-state index contributed by atoms with van der Waals surface area (Å²) in [6.07, 6.45) is 14.9. The Morgan fingerprint density at radius 1 is 0.294 bits per heavy atom. The topological polar surface area (TPSA) is 82.9 Å². The molecule has 0 fully saturated rings. The molecule has 0 N–H and O–H groups in total. The van der Waals surface area contributed by atoms with E-state index in [1.165, 1.54) is 0 Å². The van der Waals surface area contributed by atoms with Gasteiger partial charge in [-0.05, 0) is 111 Å². The predicted molar refractivity (Wildman–Crippen MR) is 271 cm³/mol. The lowest BCUT2D eigenvalue weighted by Crippen LogP contribution is -2.38. The van der Waals surface area contributed by atoms with Crippen molar-refractivity contribution in [2.24, 2.45) is 0 Å². The highest BCUT2D eigenvalue weighted by Gasteiger charge is 2.34. The van der Waals surface area contributed by atoms with Crippen molar-refractivity contribution < 1.29 is 9.47 Å². The van der Waals surface area contributed by atoms with E-state index in [1.807, 2.05) is 116 Å². The van der Waals surface area contributed by atoms with Gasteiger partial charge >= 0.3 is 0 Å². The van der Waals surface area contributed by atoms with Crippen LogP contribution in [0.25, 0.3) is 101 Å². The Kier molecular flexibility index (Phi) is 10.5. The molecule has 4 heterocycles. The van der Waals surface area contributed by atoms with E-state index in [1.54, 1.807) is 12.4 Å². The van der Waals surface area contributed by atoms with E-state index in [2.05, 4.69) is 119 Å². The largest absolute Gasteiger partial charge is 0.478 e. The van der Waals surface area contributed by atoms with Gasteiger partial charge in [-0.15, -0.1) is 0 Å². The molecule has 7 nitrogen and oxygen atoms in total. The van der Waals surface area contributed by atoms with Crippen molar-refractivity contribution in [2.75, 3.05) is 0 Å². The van der Waals surface area contributed by atoms with E-state index in [0.717, 1.165) is 83.5 Å². The number of nitrogens with zero attached hydrogens (tertiary/aromatic N) is 5. The Bertz CT molecular complexity index is 3430. The van der Waals surface area contributed by atoms with Gasteiger partial charge in [0.15, 0.2) is 41.2 Å². The normalized spacial score (nSPS) is 14.6. The lowest BCUT2D eigenvalue weighted by atomic mass is 9.93. The van der Waals surface area contributed by atoms with Crippen molar-refractivity contribution in [1.29, 1.82) is 0 Å². The van der Waals surface area contributed by atoms with Crippen LogP contribution in [0.3, 0.4) is 0 Å². The van der Waals surface area contributed by atoms with Gasteiger partial charge in [0.1, 0.15) is 0 Å². The fourth-order valence-electron chi connectivity index (χ4n) is 8.95. The molecule has 7 heteroatoms. The molecule has 3 aromatic heterocycles. The van der Waals surface area contributed by atoms with E-state index in [4.69, 9.17) is 24.4 Å². The number of pyridine rings is 2. The number of hydrogen-bond donors (Lipinski definition) is 0. The number of benzene rings is 7. The van der Waals surface area contributed by atoms with E-state index in [0.29, 0.717) is 29.0 Å². The van der Waals surface area contributed by atoms with Crippen molar-refractivity contribution in [3.05, 3.63) is 237 Å². The van der Waals surface area contributed by atoms with Gasteiger partial charge in [0, 0.05) is 52.6 Å². The van der Waals surface area contributed by atoms with Crippen LogP contribution in [-0.4, -0.2) is 37.1 Å². The summed E-state index contributed by atoms with van der Waals surface area (Å²) in [6.45, 7) is 0. The van der Waals surface area contributed by atoms with Crippen LogP contribution in [0.2, 0.25) is 0 Å². The third-order valence-corrected chi connectivity index (χ3v) is 12.5. The zero-order valence-corrected chi connectivity index (χ0v) is 36.7. The smallest absolute Gasteiger partial charge is 0.174 e. The molecule has 1 aliphatic heterocycles. The molecule has 0 saturated heterocycles. The molecule has 7 aromatic carbocycles. The molecular weight excluding hydrogens is 835 g/mol. The number of hydrogen-bond acceptors (Lipinski definition) is 7. The molecule has 10 aromatic rings. The number of allylic oxidation sites excluding steroid dienone is 2. The van der Waals surface area contributed by atoms with Crippen LogP contribution in [0.5, 0.6) is 11.5 Å². The van der Waals surface area contributed by atoms with Gasteiger partial charge in [0.05, 0.1) is 5.56 Å². The zero-order chi connectivity index (χ0) is 45.2. The Labute approximate surface area is 394 Å². The van der Waals surface area contributed by atoms with Gasteiger partial charge in [0.2, 0.25) is 0 Å². The Hall–Kier alpha value is -9.07. The summed E-state index contributed by atoms with van der Waals surface area (Å²) in [4.78, 5) is 24.1. The molecule has 0 saturated carbocycles. The third-order valence-electron chi connectivity index (χ3n) is 12.5. The van der Waals surface area contributed by atoms with E-state index in [-0.39, 0.29) is 12.2 Å². The predicted octanol–water partition coefficient (Wildman–Crippen LogP) is 14.3. The van der Waals surface area contributed by atoms with Crippen LogP contribution in [0.1, 0.15) is 0 Å². The molecule has 2 aliphatic rings. The first-order valence-electron chi connectivity index (χ1n) is 22.7. The number of aromatic nitrogens is 5. The summed E-state index contributed by atoms with van der Waals surface area (Å²) >= 11 is 0. The van der Waals surface area contributed by atoms with E-state index < -0.39 is 0 Å². The number of fused-ring (bicyclic) bond motifs is 2. The molecule has 2 atom stereocenters. The second-order valence-electron chi connectivity index (χ2n) is 16.8. The van der Waals surface area contributed by atoms with Gasteiger partial charge in [-0.1, -0.05) is 152 Å². The summed E-state index contributed by atoms with van der Waals surface area (Å²) in [5, 5.41) is 0. The maximum Gasteiger partial charge on any atom is 0.174 e. The summed E-state index contributed by atoms with van der Waals surface area (Å²) in [6, 6.07) is 65.0. The first-order chi connectivity index (χ1) is 33.7. The second-order valence-corrected chi connectivity index (χ2v) is 16.8. The fourth-order valence-corrected chi connectivity index (χ4v) is 8.95. The van der Waals surface area contributed by atoms with Crippen LogP contribution in [0.4, 0.5) is 0 Å². The van der Waals surface area contributed by atoms with Crippen molar-refractivity contribution in [1.82, 2.24) is 24.9 Å². The molecule has 0 spiro atoms. The highest BCUT2D eigenvalue weighted by Crippen LogP contribution is 2.49. The Balaban J connectivity index is 0.900. The minimum atomic E-state index is -0.316. The Morgan fingerprint density at radius 2 is 0.706 bits per heavy atom. The van der Waals surface area contributed by atoms with Crippen molar-refractivity contribution in [3.63, 3.8) is 0 Å². The van der Waals surface area contributed by atoms with Crippen molar-refractivity contribution >= 4 is 0 Å². The van der Waals surface area contributed by atoms with E-state index >= 15 is 0 Å². The quantitative estimate of drug-likeness (QED) is 0.143. The van der Waals surface area contributed by atoms with Crippen LogP contribution >= 0.6 is 0 Å². The fraction of sp³-hybridized carbons (Fsp3) is 0.0328. The highest BCUT2D eigenvalue weighted by atomic mass is 16.6. The summed E-state index contributed by atoms with van der Waals surface area (Å²) < 4.78 is 13.8. The first kappa shape index (κ1) is 40.4. The first-order valence-corrected chi connectivity index (χ1v) is 22.7. The summed E-state index contributed by atoms with van der Waals surface area (Å²) in [5.41, 5.74) is 15.4. The molecule has 68 heavy (non-hydrogen) atoms. The van der Waals surface area contributed by atoms with Crippen molar-refractivity contribution in [3.8, 4) is 112 Å². The zero-order valence-electron chi connectivity index (χ0n) is 36.7. The molecule has 0 bridgehead atoms. The molecule has 1 aliphatic carbocycles. The van der Waals surface area contributed by atoms with Crippen LogP contribution in [0, 0.1) is 0 Å². The number of rotatable bonds is 9. The van der Waals surface area contributed by atoms with E-state index in [9.17, 15) is 0 Å². The SMILES string of the molecule is C1=CC2Oc3c(-c4ccc(-c5ccc(-c6cc(-c7cccnc7)cc(-c7cccnc7)c6)cc5)cc4)ccc(-c4nc(-c5ccccc5)nc(-c5cccc(-c6ccccc6)c5)n4)c3OC2C=C1. The molecule has 0 radical (unpaired) electrons. The van der Waals surface area contributed by atoms with Crippen LogP contribution in [0.15, 0.2) is 237 Å². The molecule has 322 valence electrons. The Morgan fingerprint density at radius 3 is 1.28 bits per heavy atom. The average molecular weight is 876 g/mol. The third kappa shape index (κ3) is 8.03. The average Bonchev–Trinajstić information content (AvgIpc) is 3.43. The van der Waals surface area contributed by atoms with Gasteiger partial charge in [0.25, 0.3) is 0 Å². The minimum Gasteiger partial charge on any atom is -0.478 e. The summed E-state index contributed by atoms with van der Waals surface area (Å²) in [7, 11) is 0. The maximum atomic E-state index is 6.89. The standard InChI is InChI=1S/C61H41N5O2/c1-3-12-40(13-4-1)46-16-9-17-47(34-46)60-64-59(45-14-5-2-6-15-45)65-61(66-60)54-31-30-53(57-58(54)68-56-21-8-7-20-55(56)67-57)44-28-26-42(27-29-44)41-22-24-43(25-23-41)50-35-51(48-18-10-32-62-38-48)37-52(36-50)49-19-11-33-63-39-49/h1-39,55-56H. The molecule has 0 amide bonds. The lowest BCUT2D eigenvalue weighted by molar-refractivity contribution is 0.0769. The lowest BCUT2D eigenvalue weighted by Gasteiger charge is -2.34. The molecule has 12 rings (SSSR count). The summed E-state index contributed by atoms with van der Waals surface area (Å²) in [5.74, 6) is 2.87. The van der Waals surface area contributed by atoms with Crippen LogP contribution < -0.4 is 9.47 Å². The van der Waals surface area contributed by atoms with Gasteiger partial charge in [-0.2, -0.15) is 0 Å². The minimum absolute atomic E-state index is 0.292. The second kappa shape index (κ2) is 17.7. The number of ether oxygens (including phenoxy) is 2. The van der Waals surface area contributed by atoms with Gasteiger partial charge < -0.3 is 9.47 Å². The van der Waals surface area contributed by atoms with Crippen molar-refractivity contribution in [2.45, 2.75) is 12.2 Å². The van der Waals surface area contributed by atoms with Crippen LogP contribution in [-0.2, 0) is 0 Å². The molecular formula is C61H41N5O2.